The third kappa shape index (κ3) is 1.35. The summed E-state index contributed by atoms with van der Waals surface area (Å²) in [5.41, 5.74) is 7.22. The molecule has 6 heteroatoms. The van der Waals surface area contributed by atoms with Crippen LogP contribution < -0.4 is 5.73 Å². The lowest BCUT2D eigenvalue weighted by Gasteiger charge is -1.97. The molecule has 0 fully saturated rings. The normalized spacial score (nSPS) is 11.1. The van der Waals surface area contributed by atoms with Crippen molar-refractivity contribution < 1.29 is 0 Å². The first-order valence-electron chi connectivity index (χ1n) is 4.77. The Bertz CT molecular complexity index is 654. The summed E-state index contributed by atoms with van der Waals surface area (Å²) in [5, 5.41) is 9.24. The fourth-order valence-electron chi connectivity index (χ4n) is 1.54. The van der Waals surface area contributed by atoms with Crippen LogP contribution in [-0.4, -0.2) is 19.6 Å². The van der Waals surface area contributed by atoms with Gasteiger partial charge in [0.2, 0.25) is 0 Å². The summed E-state index contributed by atoms with van der Waals surface area (Å²) in [6.07, 6.45) is 3.62. The summed E-state index contributed by atoms with van der Waals surface area (Å²) >= 11 is 1.59. The number of nitrogens with two attached hydrogens (primary N) is 1. The number of rotatable bonds is 1. The zero-order valence-corrected chi connectivity index (χ0v) is 9.40. The van der Waals surface area contributed by atoms with Crippen LogP contribution in [0.15, 0.2) is 24.5 Å². The Kier molecular flexibility index (Phi) is 1.90. The van der Waals surface area contributed by atoms with E-state index in [0.717, 1.165) is 21.4 Å². The van der Waals surface area contributed by atoms with Crippen LogP contribution in [0.25, 0.3) is 16.3 Å². The fourth-order valence-corrected chi connectivity index (χ4v) is 2.30. The van der Waals surface area contributed by atoms with Gasteiger partial charge in [0.25, 0.3) is 0 Å². The van der Waals surface area contributed by atoms with E-state index in [1.54, 1.807) is 17.5 Å². The number of hydrogen-bond acceptors (Lipinski definition) is 5. The van der Waals surface area contributed by atoms with E-state index in [9.17, 15) is 0 Å². The molecule has 0 atom stereocenters. The fraction of sp³-hybridized carbons (Fsp3) is 0.100. The molecule has 0 bridgehead atoms. The number of aromatic nitrogens is 4. The second-order valence-corrected chi connectivity index (χ2v) is 4.69. The molecule has 0 aliphatic rings. The van der Waals surface area contributed by atoms with Gasteiger partial charge in [0.1, 0.15) is 0 Å². The molecule has 0 aliphatic carbocycles. The summed E-state index contributed by atoms with van der Waals surface area (Å²) in [4.78, 5) is 5.20. The topological polar surface area (TPSA) is 69.1 Å². The average Bonchev–Trinajstić information content (AvgIpc) is 2.83. The average molecular weight is 231 g/mol. The standard InChI is InChI=1S/C10H9N5S/c1-6-12-4-8(16-6)10-14-13-9-3-2-7(11)5-15(9)10/h2-5H,11H2,1H3. The summed E-state index contributed by atoms with van der Waals surface area (Å²) in [5.74, 6) is 0.785. The van der Waals surface area contributed by atoms with E-state index in [2.05, 4.69) is 15.2 Å². The number of hydrogen-bond donors (Lipinski definition) is 1. The number of anilines is 1. The predicted octanol–water partition coefficient (Wildman–Crippen LogP) is 1.74. The molecule has 3 aromatic rings. The van der Waals surface area contributed by atoms with E-state index < -0.39 is 0 Å². The molecule has 80 valence electrons. The third-order valence-electron chi connectivity index (χ3n) is 2.27. The first-order chi connectivity index (χ1) is 7.74. The number of nitrogen functional groups attached to an aromatic ring is 1. The maximum Gasteiger partial charge on any atom is 0.180 e. The quantitative estimate of drug-likeness (QED) is 0.692. The SMILES string of the molecule is Cc1ncc(-c2nnc3ccc(N)cn23)s1. The molecular formula is C10H9N5S. The molecule has 0 aliphatic heterocycles. The molecular weight excluding hydrogens is 222 g/mol. The van der Waals surface area contributed by atoms with Gasteiger partial charge in [-0.2, -0.15) is 0 Å². The Labute approximate surface area is 95.6 Å². The second kappa shape index (κ2) is 3.28. The van der Waals surface area contributed by atoms with Gasteiger partial charge in [-0.05, 0) is 19.1 Å². The molecule has 16 heavy (non-hydrogen) atoms. The van der Waals surface area contributed by atoms with Crippen molar-refractivity contribution in [3.05, 3.63) is 29.5 Å². The predicted molar refractivity (Wildman–Crippen MR) is 63.2 cm³/mol. The minimum Gasteiger partial charge on any atom is -0.398 e. The van der Waals surface area contributed by atoms with Crippen molar-refractivity contribution >= 4 is 22.7 Å². The van der Waals surface area contributed by atoms with E-state index in [1.807, 2.05) is 29.7 Å². The monoisotopic (exact) mass is 231 g/mol. The van der Waals surface area contributed by atoms with E-state index in [0.29, 0.717) is 5.69 Å². The van der Waals surface area contributed by atoms with E-state index in [1.165, 1.54) is 0 Å². The Morgan fingerprint density at radius 2 is 2.19 bits per heavy atom. The zero-order valence-electron chi connectivity index (χ0n) is 8.58. The lowest BCUT2D eigenvalue weighted by atomic mass is 10.4. The minimum atomic E-state index is 0.690. The lowest BCUT2D eigenvalue weighted by molar-refractivity contribution is 1.11. The van der Waals surface area contributed by atoms with Crippen molar-refractivity contribution in [1.29, 1.82) is 0 Å². The van der Waals surface area contributed by atoms with Crippen LogP contribution in [-0.2, 0) is 0 Å². The van der Waals surface area contributed by atoms with Crippen molar-refractivity contribution in [3.8, 4) is 10.7 Å². The van der Waals surface area contributed by atoms with Gasteiger partial charge >= 0.3 is 0 Å². The van der Waals surface area contributed by atoms with Crippen LogP contribution in [0.3, 0.4) is 0 Å². The van der Waals surface area contributed by atoms with Gasteiger partial charge < -0.3 is 5.73 Å². The van der Waals surface area contributed by atoms with Crippen LogP contribution in [0.4, 0.5) is 5.69 Å². The van der Waals surface area contributed by atoms with Gasteiger partial charge in [-0.25, -0.2) is 4.98 Å². The molecule has 0 spiro atoms. The Hall–Kier alpha value is -1.95. The molecule has 3 rings (SSSR count). The molecule has 0 unspecified atom stereocenters. The highest BCUT2D eigenvalue weighted by atomic mass is 32.1. The lowest BCUT2D eigenvalue weighted by Crippen LogP contribution is -1.91. The van der Waals surface area contributed by atoms with Crippen LogP contribution in [0.5, 0.6) is 0 Å². The number of aryl methyl sites for hydroxylation is 1. The highest BCUT2D eigenvalue weighted by molar-refractivity contribution is 7.14. The molecule has 0 aromatic carbocycles. The van der Waals surface area contributed by atoms with Crippen LogP contribution in [0.2, 0.25) is 0 Å². The van der Waals surface area contributed by atoms with Crippen molar-refractivity contribution in [2.75, 3.05) is 5.73 Å². The maximum atomic E-state index is 5.75. The van der Waals surface area contributed by atoms with Crippen molar-refractivity contribution in [2.45, 2.75) is 6.92 Å². The highest BCUT2D eigenvalue weighted by Crippen LogP contribution is 2.24. The third-order valence-corrected chi connectivity index (χ3v) is 3.18. The van der Waals surface area contributed by atoms with Crippen LogP contribution in [0.1, 0.15) is 5.01 Å². The minimum absolute atomic E-state index is 0.690. The summed E-state index contributed by atoms with van der Waals surface area (Å²) < 4.78 is 1.88. The smallest absolute Gasteiger partial charge is 0.180 e. The van der Waals surface area contributed by atoms with Gasteiger partial charge in [0, 0.05) is 18.1 Å². The molecule has 3 heterocycles. The summed E-state index contributed by atoms with van der Waals surface area (Å²) in [6, 6.07) is 3.66. The Balaban J connectivity index is 2.27. The van der Waals surface area contributed by atoms with Gasteiger partial charge in [0.15, 0.2) is 11.5 Å². The zero-order chi connectivity index (χ0) is 11.1. The first-order valence-corrected chi connectivity index (χ1v) is 5.59. The number of nitrogens with zero attached hydrogens (tertiary/aromatic N) is 4. The number of thiazole rings is 1. The van der Waals surface area contributed by atoms with Crippen molar-refractivity contribution in [3.63, 3.8) is 0 Å². The van der Waals surface area contributed by atoms with Crippen LogP contribution >= 0.6 is 11.3 Å². The van der Waals surface area contributed by atoms with Crippen molar-refractivity contribution in [2.24, 2.45) is 0 Å². The molecule has 0 amide bonds. The van der Waals surface area contributed by atoms with Crippen LogP contribution in [0, 0.1) is 6.92 Å². The summed E-state index contributed by atoms with van der Waals surface area (Å²) in [6.45, 7) is 1.96. The molecule has 5 nitrogen and oxygen atoms in total. The first kappa shape index (κ1) is 9.29. The highest BCUT2D eigenvalue weighted by Gasteiger charge is 2.10. The van der Waals surface area contributed by atoms with E-state index >= 15 is 0 Å². The second-order valence-electron chi connectivity index (χ2n) is 3.46. The molecule has 3 aromatic heterocycles. The largest absolute Gasteiger partial charge is 0.398 e. The number of fused-ring (bicyclic) bond motifs is 1. The summed E-state index contributed by atoms with van der Waals surface area (Å²) in [7, 11) is 0. The van der Waals surface area contributed by atoms with E-state index in [4.69, 9.17) is 5.73 Å². The van der Waals surface area contributed by atoms with Gasteiger partial charge in [-0.3, -0.25) is 4.40 Å². The van der Waals surface area contributed by atoms with Crippen molar-refractivity contribution in [1.82, 2.24) is 19.6 Å². The molecule has 0 saturated heterocycles. The van der Waals surface area contributed by atoms with E-state index in [-0.39, 0.29) is 0 Å². The van der Waals surface area contributed by atoms with Gasteiger partial charge in [-0.1, -0.05) is 0 Å². The van der Waals surface area contributed by atoms with Gasteiger partial charge in [-0.15, -0.1) is 21.5 Å². The maximum absolute atomic E-state index is 5.75. The molecule has 2 N–H and O–H groups in total. The Morgan fingerprint density at radius 3 is 2.94 bits per heavy atom. The Morgan fingerprint density at radius 1 is 1.31 bits per heavy atom. The molecule has 0 saturated carbocycles. The molecule has 0 radical (unpaired) electrons. The number of pyridine rings is 1. The van der Waals surface area contributed by atoms with Gasteiger partial charge in [0.05, 0.1) is 9.88 Å².